The second-order valence-corrected chi connectivity index (χ2v) is 4.20. The maximum atomic E-state index is 3.15. The van der Waals surface area contributed by atoms with Gasteiger partial charge < -0.3 is 5.32 Å². The summed E-state index contributed by atoms with van der Waals surface area (Å²) in [5.41, 5.74) is 4.04. The van der Waals surface area contributed by atoms with Crippen LogP contribution >= 0.6 is 0 Å². The van der Waals surface area contributed by atoms with E-state index < -0.39 is 0 Å². The molecule has 2 rings (SSSR count). The summed E-state index contributed by atoms with van der Waals surface area (Å²) in [6.07, 6.45) is 3.54. The minimum atomic E-state index is 1.10. The lowest BCUT2D eigenvalue weighted by Gasteiger charge is -2.25. The third-order valence-electron chi connectivity index (χ3n) is 3.28. The first-order chi connectivity index (χ1) is 7.83. The van der Waals surface area contributed by atoms with Crippen LogP contribution in [0, 0.1) is 0 Å². The molecule has 0 spiro atoms. The van der Waals surface area contributed by atoms with Crippen LogP contribution < -0.4 is 5.32 Å². The third kappa shape index (κ3) is 2.45. The van der Waals surface area contributed by atoms with E-state index in [4.69, 9.17) is 0 Å². The Bertz CT molecular complexity index is 365. The van der Waals surface area contributed by atoms with Crippen molar-refractivity contribution >= 4 is 11.3 Å². The van der Waals surface area contributed by atoms with Gasteiger partial charge in [0.1, 0.15) is 0 Å². The minimum Gasteiger partial charge on any atom is -0.388 e. The van der Waals surface area contributed by atoms with E-state index in [1.807, 2.05) is 7.05 Å². The van der Waals surface area contributed by atoms with E-state index in [2.05, 4.69) is 47.5 Å². The fourth-order valence-corrected chi connectivity index (χ4v) is 2.11. The summed E-state index contributed by atoms with van der Waals surface area (Å²) in [6.45, 7) is 5.67. The molecule has 0 fully saturated rings. The van der Waals surface area contributed by atoms with Crippen molar-refractivity contribution < 1.29 is 0 Å². The van der Waals surface area contributed by atoms with Gasteiger partial charge in [0, 0.05) is 25.8 Å². The number of rotatable bonds is 3. The lowest BCUT2D eigenvalue weighted by atomic mass is 9.99. The van der Waals surface area contributed by atoms with Crippen LogP contribution in [0.25, 0.3) is 5.57 Å². The van der Waals surface area contributed by atoms with Gasteiger partial charge >= 0.3 is 0 Å². The lowest BCUT2D eigenvalue weighted by molar-refractivity contribution is 0.319. The van der Waals surface area contributed by atoms with E-state index in [1.165, 1.54) is 29.8 Å². The minimum absolute atomic E-state index is 1.10. The molecule has 1 aromatic carbocycles. The Morgan fingerprint density at radius 2 is 2.00 bits per heavy atom. The first kappa shape index (κ1) is 11.2. The Balaban J connectivity index is 2.10. The van der Waals surface area contributed by atoms with Crippen molar-refractivity contribution in [1.29, 1.82) is 0 Å². The first-order valence-electron chi connectivity index (χ1n) is 6.03. The molecular formula is C14H20N2. The fraction of sp³-hybridized carbons (Fsp3) is 0.429. The number of hydrogen-bond acceptors (Lipinski definition) is 2. The van der Waals surface area contributed by atoms with E-state index >= 15 is 0 Å². The van der Waals surface area contributed by atoms with E-state index in [0.717, 1.165) is 13.1 Å². The van der Waals surface area contributed by atoms with Gasteiger partial charge in [0.2, 0.25) is 0 Å². The van der Waals surface area contributed by atoms with Crippen LogP contribution in [0.4, 0.5) is 5.69 Å². The van der Waals surface area contributed by atoms with E-state index in [9.17, 15) is 0 Å². The van der Waals surface area contributed by atoms with E-state index in [1.54, 1.807) is 0 Å². The molecule has 0 saturated carbocycles. The predicted octanol–water partition coefficient (Wildman–Crippen LogP) is 2.84. The highest BCUT2D eigenvalue weighted by Crippen LogP contribution is 2.23. The fourth-order valence-electron chi connectivity index (χ4n) is 2.11. The highest BCUT2D eigenvalue weighted by atomic mass is 15.1. The zero-order valence-corrected chi connectivity index (χ0v) is 10.2. The molecule has 0 atom stereocenters. The van der Waals surface area contributed by atoms with E-state index in [-0.39, 0.29) is 0 Å². The van der Waals surface area contributed by atoms with Crippen molar-refractivity contribution in [1.82, 2.24) is 4.90 Å². The molecule has 0 unspecified atom stereocenters. The Hall–Kier alpha value is -1.28. The van der Waals surface area contributed by atoms with Crippen molar-refractivity contribution in [2.24, 2.45) is 0 Å². The van der Waals surface area contributed by atoms with Gasteiger partial charge in [-0.1, -0.05) is 25.1 Å². The quantitative estimate of drug-likeness (QED) is 0.835. The lowest BCUT2D eigenvalue weighted by Crippen LogP contribution is -2.27. The highest BCUT2D eigenvalue weighted by molar-refractivity contribution is 5.68. The maximum absolute atomic E-state index is 3.15. The van der Waals surface area contributed by atoms with Gasteiger partial charge in [-0.15, -0.1) is 0 Å². The Morgan fingerprint density at radius 1 is 1.25 bits per heavy atom. The molecule has 1 N–H and O–H groups in total. The molecule has 1 aliphatic heterocycles. The second kappa shape index (κ2) is 5.17. The van der Waals surface area contributed by atoms with Gasteiger partial charge in [0.05, 0.1) is 0 Å². The van der Waals surface area contributed by atoms with Gasteiger partial charge in [-0.3, -0.25) is 4.90 Å². The molecule has 1 aromatic rings. The smallest absolute Gasteiger partial charge is 0.0337 e. The van der Waals surface area contributed by atoms with Crippen LogP contribution in [0.5, 0.6) is 0 Å². The van der Waals surface area contributed by atoms with Crippen LogP contribution in [0.3, 0.4) is 0 Å². The molecular weight excluding hydrogens is 196 g/mol. The summed E-state index contributed by atoms with van der Waals surface area (Å²) in [7, 11) is 1.95. The predicted molar refractivity (Wildman–Crippen MR) is 70.7 cm³/mol. The molecule has 0 amide bonds. The van der Waals surface area contributed by atoms with Gasteiger partial charge in [-0.2, -0.15) is 0 Å². The summed E-state index contributed by atoms with van der Waals surface area (Å²) < 4.78 is 0. The van der Waals surface area contributed by atoms with Crippen molar-refractivity contribution in [2.45, 2.75) is 13.3 Å². The molecule has 1 heterocycles. The number of benzene rings is 1. The molecule has 2 heteroatoms. The van der Waals surface area contributed by atoms with Gasteiger partial charge in [0.25, 0.3) is 0 Å². The number of likely N-dealkylation sites (N-methyl/N-ethyl adjacent to an activating group) is 1. The molecule has 86 valence electrons. The van der Waals surface area contributed by atoms with Gasteiger partial charge in [-0.25, -0.2) is 0 Å². The molecule has 0 radical (unpaired) electrons. The summed E-state index contributed by atoms with van der Waals surface area (Å²) in [5, 5.41) is 3.15. The monoisotopic (exact) mass is 216 g/mol. The molecule has 0 aliphatic carbocycles. The topological polar surface area (TPSA) is 15.3 Å². The summed E-state index contributed by atoms with van der Waals surface area (Å²) in [6, 6.07) is 8.70. The normalized spacial score (nSPS) is 17.0. The number of anilines is 1. The molecule has 1 aliphatic rings. The largest absolute Gasteiger partial charge is 0.388 e. The van der Waals surface area contributed by atoms with Crippen LogP contribution in [-0.4, -0.2) is 31.6 Å². The zero-order valence-electron chi connectivity index (χ0n) is 10.2. The van der Waals surface area contributed by atoms with Crippen LogP contribution in [0.15, 0.2) is 30.3 Å². The molecule has 16 heavy (non-hydrogen) atoms. The van der Waals surface area contributed by atoms with Crippen LogP contribution in [0.1, 0.15) is 18.9 Å². The molecule has 2 nitrogen and oxygen atoms in total. The average Bonchev–Trinajstić information content (AvgIpc) is 2.39. The standard InChI is InChI=1S/C14H20N2/c1-3-16-10-8-13(9-11-16)12-4-6-14(15-2)7-5-12/h4-8,15H,3,9-11H2,1-2H3. The summed E-state index contributed by atoms with van der Waals surface area (Å²) in [5.74, 6) is 0. The highest BCUT2D eigenvalue weighted by Gasteiger charge is 2.10. The first-order valence-corrected chi connectivity index (χ1v) is 6.03. The zero-order chi connectivity index (χ0) is 11.4. The Kier molecular flexibility index (Phi) is 3.62. The van der Waals surface area contributed by atoms with Crippen LogP contribution in [-0.2, 0) is 0 Å². The Labute approximate surface area is 98.0 Å². The second-order valence-electron chi connectivity index (χ2n) is 4.20. The van der Waals surface area contributed by atoms with Gasteiger partial charge in [0.15, 0.2) is 0 Å². The average molecular weight is 216 g/mol. The van der Waals surface area contributed by atoms with Crippen molar-refractivity contribution in [2.75, 3.05) is 32.0 Å². The summed E-state index contributed by atoms with van der Waals surface area (Å²) in [4.78, 5) is 2.46. The third-order valence-corrected chi connectivity index (χ3v) is 3.28. The number of nitrogens with one attached hydrogen (secondary N) is 1. The van der Waals surface area contributed by atoms with E-state index in [0.29, 0.717) is 0 Å². The molecule has 0 bridgehead atoms. The van der Waals surface area contributed by atoms with Crippen LogP contribution in [0.2, 0.25) is 0 Å². The van der Waals surface area contributed by atoms with Crippen molar-refractivity contribution in [3.63, 3.8) is 0 Å². The maximum Gasteiger partial charge on any atom is 0.0337 e. The molecule has 0 saturated heterocycles. The number of nitrogens with zero attached hydrogens (tertiary/aromatic N) is 1. The van der Waals surface area contributed by atoms with Crippen molar-refractivity contribution in [3.8, 4) is 0 Å². The van der Waals surface area contributed by atoms with Crippen molar-refractivity contribution in [3.05, 3.63) is 35.9 Å². The SMILES string of the molecule is CCN1CC=C(c2ccc(NC)cc2)CC1. The Morgan fingerprint density at radius 3 is 2.50 bits per heavy atom. The summed E-state index contributed by atoms with van der Waals surface area (Å²) >= 11 is 0. The molecule has 0 aromatic heterocycles. The van der Waals surface area contributed by atoms with Gasteiger partial charge in [-0.05, 0) is 36.2 Å². The number of hydrogen-bond donors (Lipinski definition) is 1.